The molecule has 3 heteroatoms. The van der Waals surface area contributed by atoms with Gasteiger partial charge in [-0.3, -0.25) is 4.79 Å². The van der Waals surface area contributed by atoms with Crippen molar-refractivity contribution in [1.29, 1.82) is 0 Å². The summed E-state index contributed by atoms with van der Waals surface area (Å²) >= 11 is 0. The minimum atomic E-state index is 0.204. The zero-order valence-electron chi connectivity index (χ0n) is 13.1. The smallest absolute Gasteiger partial charge is 0.254 e. The normalized spacial score (nSPS) is 18.3. The van der Waals surface area contributed by atoms with Gasteiger partial charge in [0, 0.05) is 24.7 Å². The fraction of sp³-hybridized carbons (Fsp3) is 0.588. The Balaban J connectivity index is 2.31. The number of carbonyl (C=O) groups excluding carboxylic acids is 1. The third kappa shape index (κ3) is 3.04. The lowest BCUT2D eigenvalue weighted by Gasteiger charge is -2.29. The second-order valence-corrected chi connectivity index (χ2v) is 5.92. The Morgan fingerprint density at radius 1 is 1.30 bits per heavy atom. The van der Waals surface area contributed by atoms with Crippen LogP contribution in [0.4, 0.5) is 0 Å². The largest absolute Gasteiger partial charge is 0.334 e. The van der Waals surface area contributed by atoms with Crippen LogP contribution in [0.1, 0.15) is 46.8 Å². The average molecular weight is 274 g/mol. The van der Waals surface area contributed by atoms with Gasteiger partial charge in [0.2, 0.25) is 0 Å². The van der Waals surface area contributed by atoms with Gasteiger partial charge < -0.3 is 10.2 Å². The second-order valence-electron chi connectivity index (χ2n) is 5.92. The zero-order chi connectivity index (χ0) is 14.7. The fourth-order valence-electron chi connectivity index (χ4n) is 3.26. The predicted molar refractivity (Wildman–Crippen MR) is 83.3 cm³/mol. The topological polar surface area (TPSA) is 32.3 Å². The molecule has 1 amide bonds. The maximum atomic E-state index is 13.0. The Kier molecular flexibility index (Phi) is 4.81. The first-order valence-electron chi connectivity index (χ1n) is 7.64. The number of hydrogen-bond donors (Lipinski definition) is 1. The molecule has 0 aliphatic carbocycles. The number of hydrogen-bond acceptors (Lipinski definition) is 2. The third-order valence-corrected chi connectivity index (χ3v) is 4.09. The number of nitrogens with one attached hydrogen (secondary N) is 1. The molecule has 1 aliphatic rings. The maximum absolute atomic E-state index is 13.0. The first kappa shape index (κ1) is 15.0. The van der Waals surface area contributed by atoms with Crippen molar-refractivity contribution < 1.29 is 4.79 Å². The molecule has 0 bridgehead atoms. The molecule has 3 nitrogen and oxygen atoms in total. The van der Waals surface area contributed by atoms with E-state index in [1.165, 1.54) is 5.56 Å². The Morgan fingerprint density at radius 3 is 2.45 bits per heavy atom. The van der Waals surface area contributed by atoms with E-state index in [0.29, 0.717) is 6.04 Å². The first-order chi connectivity index (χ1) is 9.54. The lowest BCUT2D eigenvalue weighted by atomic mass is 9.98. The number of aryl methyl sites for hydroxylation is 3. The van der Waals surface area contributed by atoms with Gasteiger partial charge in [-0.15, -0.1) is 0 Å². The molecule has 1 atom stereocenters. The Bertz CT molecular complexity index is 467. The molecule has 2 rings (SSSR count). The van der Waals surface area contributed by atoms with Crippen LogP contribution in [0.3, 0.4) is 0 Å². The second kappa shape index (κ2) is 6.40. The lowest BCUT2D eigenvalue weighted by molar-refractivity contribution is 0.0691. The number of amides is 1. The molecule has 0 radical (unpaired) electrons. The van der Waals surface area contributed by atoms with E-state index in [1.54, 1.807) is 0 Å². The maximum Gasteiger partial charge on any atom is 0.254 e. The van der Waals surface area contributed by atoms with E-state index >= 15 is 0 Å². The number of nitrogens with zero attached hydrogens (tertiary/aromatic N) is 1. The molecule has 1 saturated heterocycles. The summed E-state index contributed by atoms with van der Waals surface area (Å²) in [5, 5.41) is 3.36. The molecule has 1 aromatic rings. The van der Waals surface area contributed by atoms with Gasteiger partial charge in [0.15, 0.2) is 0 Å². The van der Waals surface area contributed by atoms with Gasteiger partial charge >= 0.3 is 0 Å². The SMILES string of the molecule is CCCN(C(=O)c1c(C)cc(C)cc1C)C1CCNC1. The summed E-state index contributed by atoms with van der Waals surface area (Å²) in [6.07, 6.45) is 2.07. The molecule has 1 aliphatic heterocycles. The van der Waals surface area contributed by atoms with Crippen LogP contribution >= 0.6 is 0 Å². The summed E-state index contributed by atoms with van der Waals surface area (Å²) in [4.78, 5) is 15.0. The van der Waals surface area contributed by atoms with Crippen molar-refractivity contribution >= 4 is 5.91 Å². The highest BCUT2D eigenvalue weighted by Gasteiger charge is 2.28. The van der Waals surface area contributed by atoms with Crippen LogP contribution in [0.2, 0.25) is 0 Å². The summed E-state index contributed by atoms with van der Waals surface area (Å²) in [6, 6.07) is 4.57. The van der Waals surface area contributed by atoms with Gasteiger partial charge in [-0.1, -0.05) is 24.6 Å². The van der Waals surface area contributed by atoms with Crippen molar-refractivity contribution in [2.75, 3.05) is 19.6 Å². The van der Waals surface area contributed by atoms with Crippen LogP contribution in [0.15, 0.2) is 12.1 Å². The van der Waals surface area contributed by atoms with Gasteiger partial charge in [0.1, 0.15) is 0 Å². The quantitative estimate of drug-likeness (QED) is 0.915. The Morgan fingerprint density at radius 2 is 1.95 bits per heavy atom. The van der Waals surface area contributed by atoms with Crippen LogP contribution in [0.25, 0.3) is 0 Å². The van der Waals surface area contributed by atoms with Crippen molar-refractivity contribution in [1.82, 2.24) is 10.2 Å². The van der Waals surface area contributed by atoms with E-state index in [0.717, 1.165) is 49.2 Å². The van der Waals surface area contributed by atoms with Gasteiger partial charge in [-0.05, 0) is 51.3 Å². The van der Waals surface area contributed by atoms with Crippen molar-refractivity contribution in [2.45, 2.75) is 46.6 Å². The summed E-state index contributed by atoms with van der Waals surface area (Å²) in [5.41, 5.74) is 4.32. The van der Waals surface area contributed by atoms with Crippen molar-refractivity contribution in [3.05, 3.63) is 34.4 Å². The Labute approximate surface area is 122 Å². The highest BCUT2D eigenvalue weighted by molar-refractivity contribution is 5.97. The van der Waals surface area contributed by atoms with Crippen LogP contribution in [0.5, 0.6) is 0 Å². The highest BCUT2D eigenvalue weighted by atomic mass is 16.2. The standard InChI is InChI=1S/C17H26N2O/c1-5-8-19(15-6-7-18-11-15)17(20)16-13(3)9-12(2)10-14(16)4/h9-10,15,18H,5-8,11H2,1-4H3. The van der Waals surface area contributed by atoms with Crippen LogP contribution < -0.4 is 5.32 Å². The number of carbonyl (C=O) groups is 1. The molecule has 0 saturated carbocycles. The van der Waals surface area contributed by atoms with E-state index in [-0.39, 0.29) is 5.91 Å². The molecule has 110 valence electrons. The molecule has 1 fully saturated rings. The molecule has 1 heterocycles. The average Bonchev–Trinajstić information content (AvgIpc) is 2.87. The van der Waals surface area contributed by atoms with Crippen molar-refractivity contribution in [3.63, 3.8) is 0 Å². The van der Waals surface area contributed by atoms with E-state index in [9.17, 15) is 4.79 Å². The number of benzene rings is 1. The molecule has 1 unspecified atom stereocenters. The molecule has 20 heavy (non-hydrogen) atoms. The van der Waals surface area contributed by atoms with Gasteiger partial charge in [-0.25, -0.2) is 0 Å². The third-order valence-electron chi connectivity index (χ3n) is 4.09. The van der Waals surface area contributed by atoms with Crippen molar-refractivity contribution in [2.24, 2.45) is 0 Å². The summed E-state index contributed by atoms with van der Waals surface area (Å²) in [7, 11) is 0. The Hall–Kier alpha value is -1.35. The molecular weight excluding hydrogens is 248 g/mol. The highest BCUT2D eigenvalue weighted by Crippen LogP contribution is 2.21. The number of rotatable bonds is 4. The molecule has 0 aromatic heterocycles. The van der Waals surface area contributed by atoms with Crippen LogP contribution in [-0.2, 0) is 0 Å². The van der Waals surface area contributed by atoms with E-state index < -0.39 is 0 Å². The molecule has 0 spiro atoms. The molecule has 1 aromatic carbocycles. The lowest BCUT2D eigenvalue weighted by Crippen LogP contribution is -2.42. The van der Waals surface area contributed by atoms with E-state index in [2.05, 4.69) is 36.2 Å². The molecule has 1 N–H and O–H groups in total. The monoisotopic (exact) mass is 274 g/mol. The van der Waals surface area contributed by atoms with Gasteiger partial charge in [0.25, 0.3) is 5.91 Å². The minimum absolute atomic E-state index is 0.204. The minimum Gasteiger partial charge on any atom is -0.334 e. The van der Waals surface area contributed by atoms with Crippen LogP contribution in [0, 0.1) is 20.8 Å². The summed E-state index contributed by atoms with van der Waals surface area (Å²) in [6.45, 7) is 11.1. The fourth-order valence-corrected chi connectivity index (χ4v) is 3.26. The van der Waals surface area contributed by atoms with Gasteiger partial charge in [-0.2, -0.15) is 0 Å². The summed E-state index contributed by atoms with van der Waals surface area (Å²) in [5.74, 6) is 0.204. The predicted octanol–water partition coefficient (Wildman–Crippen LogP) is 2.83. The van der Waals surface area contributed by atoms with Crippen LogP contribution in [-0.4, -0.2) is 36.5 Å². The van der Waals surface area contributed by atoms with Crippen molar-refractivity contribution in [3.8, 4) is 0 Å². The summed E-state index contributed by atoms with van der Waals surface area (Å²) < 4.78 is 0. The van der Waals surface area contributed by atoms with E-state index in [4.69, 9.17) is 0 Å². The first-order valence-corrected chi connectivity index (χ1v) is 7.64. The van der Waals surface area contributed by atoms with Gasteiger partial charge in [0.05, 0.1) is 0 Å². The van der Waals surface area contributed by atoms with E-state index in [1.807, 2.05) is 13.8 Å². The molecular formula is C17H26N2O. The zero-order valence-corrected chi connectivity index (χ0v) is 13.1.